The van der Waals surface area contributed by atoms with E-state index in [1.54, 1.807) is 73.8 Å². The molecule has 5 nitrogen and oxygen atoms in total. The van der Waals surface area contributed by atoms with Gasteiger partial charge < -0.3 is 15.4 Å². The minimum Gasteiger partial charge on any atom is -0.497 e. The van der Waals surface area contributed by atoms with Gasteiger partial charge in [0.15, 0.2) is 0 Å². The second-order valence-electron chi connectivity index (χ2n) is 6.08. The van der Waals surface area contributed by atoms with Crippen molar-refractivity contribution in [3.63, 3.8) is 0 Å². The predicted octanol–water partition coefficient (Wildman–Crippen LogP) is 4.27. The number of hydrogen-bond acceptors (Lipinski definition) is 3. The summed E-state index contributed by atoms with van der Waals surface area (Å²) in [6.07, 6.45) is -0.0631. The molecule has 0 unspecified atom stereocenters. The van der Waals surface area contributed by atoms with Gasteiger partial charge in [-0.2, -0.15) is 0 Å². The third-order valence-electron chi connectivity index (χ3n) is 4.09. The van der Waals surface area contributed by atoms with E-state index in [4.69, 9.17) is 4.74 Å². The fourth-order valence-corrected chi connectivity index (χ4v) is 2.60. The molecule has 3 aromatic rings. The molecule has 0 aliphatic heterocycles. The first-order valence-electron chi connectivity index (χ1n) is 8.64. The fourth-order valence-electron chi connectivity index (χ4n) is 2.60. The van der Waals surface area contributed by atoms with Crippen LogP contribution in [0.25, 0.3) is 0 Å². The van der Waals surface area contributed by atoms with Gasteiger partial charge in [-0.1, -0.05) is 18.2 Å². The van der Waals surface area contributed by atoms with Gasteiger partial charge in [0.1, 0.15) is 11.6 Å². The summed E-state index contributed by atoms with van der Waals surface area (Å²) < 4.78 is 18.7. The summed E-state index contributed by atoms with van der Waals surface area (Å²) >= 11 is 0. The van der Waals surface area contributed by atoms with Crippen molar-refractivity contribution < 1.29 is 18.7 Å². The van der Waals surface area contributed by atoms with E-state index >= 15 is 0 Å². The molecule has 3 aromatic carbocycles. The first-order valence-corrected chi connectivity index (χ1v) is 8.64. The number of nitrogens with one attached hydrogen (secondary N) is 2. The van der Waals surface area contributed by atoms with E-state index in [-0.39, 0.29) is 18.2 Å². The van der Waals surface area contributed by atoms with Gasteiger partial charge in [-0.3, -0.25) is 9.59 Å². The van der Waals surface area contributed by atoms with Gasteiger partial charge >= 0.3 is 0 Å². The smallest absolute Gasteiger partial charge is 0.255 e. The standard InChI is InChI=1S/C22H19FN2O3/c1-28-19-12-10-18(11-13-19)25-22(27)15-6-8-17(9-7-15)24-21(26)14-16-4-2-3-5-20(16)23/h2-13H,14H2,1H3,(H,24,26)(H,25,27). The van der Waals surface area contributed by atoms with Crippen molar-refractivity contribution in [2.45, 2.75) is 6.42 Å². The zero-order valence-electron chi connectivity index (χ0n) is 15.2. The number of methoxy groups -OCH3 is 1. The highest BCUT2D eigenvalue weighted by Crippen LogP contribution is 2.17. The van der Waals surface area contributed by atoms with E-state index in [0.29, 0.717) is 28.3 Å². The molecule has 0 atom stereocenters. The molecule has 0 aliphatic rings. The minimum absolute atomic E-state index is 0.0631. The topological polar surface area (TPSA) is 67.4 Å². The maximum atomic E-state index is 13.6. The molecule has 0 bridgehead atoms. The van der Waals surface area contributed by atoms with E-state index in [1.807, 2.05) is 0 Å². The normalized spacial score (nSPS) is 10.2. The van der Waals surface area contributed by atoms with Crippen LogP contribution in [0.3, 0.4) is 0 Å². The van der Waals surface area contributed by atoms with E-state index in [2.05, 4.69) is 10.6 Å². The van der Waals surface area contributed by atoms with Crippen LogP contribution in [-0.4, -0.2) is 18.9 Å². The molecule has 0 saturated heterocycles. The summed E-state index contributed by atoms with van der Waals surface area (Å²) in [5.74, 6) is -0.313. The van der Waals surface area contributed by atoms with Gasteiger partial charge in [0.25, 0.3) is 5.91 Å². The van der Waals surface area contributed by atoms with Crippen LogP contribution in [-0.2, 0) is 11.2 Å². The maximum Gasteiger partial charge on any atom is 0.255 e. The molecule has 0 radical (unpaired) electrons. The largest absolute Gasteiger partial charge is 0.497 e. The highest BCUT2D eigenvalue weighted by Gasteiger charge is 2.10. The molecule has 0 aliphatic carbocycles. The van der Waals surface area contributed by atoms with Gasteiger partial charge in [0.2, 0.25) is 5.91 Å². The Bertz CT molecular complexity index is 970. The number of halogens is 1. The predicted molar refractivity (Wildman–Crippen MR) is 106 cm³/mol. The van der Waals surface area contributed by atoms with E-state index in [0.717, 1.165) is 0 Å². The summed E-state index contributed by atoms with van der Waals surface area (Å²) in [4.78, 5) is 24.4. The van der Waals surface area contributed by atoms with E-state index < -0.39 is 5.82 Å². The lowest BCUT2D eigenvalue weighted by atomic mass is 10.1. The van der Waals surface area contributed by atoms with Gasteiger partial charge in [-0.05, 0) is 60.2 Å². The Labute approximate surface area is 162 Å². The third kappa shape index (κ3) is 4.94. The summed E-state index contributed by atoms with van der Waals surface area (Å²) in [5.41, 5.74) is 1.95. The molecule has 2 amide bonds. The summed E-state index contributed by atoms with van der Waals surface area (Å²) in [5, 5.41) is 5.48. The number of rotatable bonds is 6. The van der Waals surface area contributed by atoms with Gasteiger partial charge in [-0.25, -0.2) is 4.39 Å². The van der Waals surface area contributed by atoms with Crippen LogP contribution in [0.5, 0.6) is 5.75 Å². The highest BCUT2D eigenvalue weighted by molar-refractivity contribution is 6.04. The van der Waals surface area contributed by atoms with Crippen molar-refractivity contribution in [2.24, 2.45) is 0 Å². The molecule has 142 valence electrons. The van der Waals surface area contributed by atoms with Crippen LogP contribution in [0, 0.1) is 5.82 Å². The Morgan fingerprint density at radius 3 is 2.11 bits per heavy atom. The Morgan fingerprint density at radius 1 is 0.857 bits per heavy atom. The Balaban J connectivity index is 1.58. The number of anilines is 2. The molecule has 0 spiro atoms. The number of benzene rings is 3. The van der Waals surface area contributed by atoms with E-state index in [1.165, 1.54) is 6.07 Å². The van der Waals surface area contributed by atoms with Gasteiger partial charge in [0.05, 0.1) is 13.5 Å². The fraction of sp³-hybridized carbons (Fsp3) is 0.0909. The van der Waals surface area contributed by atoms with Crippen molar-refractivity contribution in [1.82, 2.24) is 0 Å². The van der Waals surface area contributed by atoms with Crippen molar-refractivity contribution in [1.29, 1.82) is 0 Å². The minimum atomic E-state index is -0.414. The van der Waals surface area contributed by atoms with Crippen molar-refractivity contribution >= 4 is 23.2 Å². The molecule has 6 heteroatoms. The molecular formula is C22H19FN2O3. The number of ether oxygens (including phenoxy) is 1. The number of carbonyl (C=O) groups excluding carboxylic acids is 2. The van der Waals surface area contributed by atoms with Crippen molar-refractivity contribution in [3.8, 4) is 5.75 Å². The molecule has 0 fully saturated rings. The van der Waals surface area contributed by atoms with Crippen molar-refractivity contribution in [3.05, 3.63) is 89.7 Å². The maximum absolute atomic E-state index is 13.6. The number of hydrogen-bond donors (Lipinski definition) is 2. The summed E-state index contributed by atoms with van der Waals surface area (Å²) in [7, 11) is 1.57. The van der Waals surface area contributed by atoms with Crippen LogP contribution in [0.2, 0.25) is 0 Å². The number of carbonyl (C=O) groups is 2. The second kappa shape index (κ2) is 8.81. The molecule has 2 N–H and O–H groups in total. The Hall–Kier alpha value is -3.67. The molecule has 28 heavy (non-hydrogen) atoms. The summed E-state index contributed by atoms with van der Waals surface area (Å²) in [6.45, 7) is 0. The zero-order chi connectivity index (χ0) is 19.9. The van der Waals surface area contributed by atoms with Crippen LogP contribution in [0.1, 0.15) is 15.9 Å². The SMILES string of the molecule is COc1ccc(NC(=O)c2ccc(NC(=O)Cc3ccccc3F)cc2)cc1. The van der Waals surface area contributed by atoms with Crippen LogP contribution in [0.15, 0.2) is 72.8 Å². The van der Waals surface area contributed by atoms with Crippen LogP contribution < -0.4 is 15.4 Å². The number of amides is 2. The third-order valence-corrected chi connectivity index (χ3v) is 4.09. The Morgan fingerprint density at radius 2 is 1.46 bits per heavy atom. The monoisotopic (exact) mass is 378 g/mol. The Kier molecular flexibility index (Phi) is 6.01. The molecule has 0 saturated carbocycles. The van der Waals surface area contributed by atoms with Crippen LogP contribution in [0.4, 0.5) is 15.8 Å². The van der Waals surface area contributed by atoms with E-state index in [9.17, 15) is 14.0 Å². The molecule has 0 aromatic heterocycles. The van der Waals surface area contributed by atoms with Gasteiger partial charge in [0, 0.05) is 16.9 Å². The first-order chi connectivity index (χ1) is 13.5. The quantitative estimate of drug-likeness (QED) is 0.673. The van der Waals surface area contributed by atoms with Crippen molar-refractivity contribution in [2.75, 3.05) is 17.7 Å². The average Bonchev–Trinajstić information content (AvgIpc) is 2.71. The zero-order valence-corrected chi connectivity index (χ0v) is 15.2. The van der Waals surface area contributed by atoms with Gasteiger partial charge in [-0.15, -0.1) is 0 Å². The first kappa shape index (κ1) is 19.1. The average molecular weight is 378 g/mol. The second-order valence-corrected chi connectivity index (χ2v) is 6.08. The molecule has 3 rings (SSSR count). The molecular weight excluding hydrogens is 359 g/mol. The molecule has 0 heterocycles. The lowest BCUT2D eigenvalue weighted by Crippen LogP contribution is -2.16. The summed E-state index contributed by atoms with van der Waals surface area (Å²) in [6, 6.07) is 19.6. The lowest BCUT2D eigenvalue weighted by molar-refractivity contribution is -0.115. The van der Waals surface area contributed by atoms with Crippen LogP contribution >= 0.6 is 0 Å². The lowest BCUT2D eigenvalue weighted by Gasteiger charge is -2.08. The highest BCUT2D eigenvalue weighted by atomic mass is 19.1.